The van der Waals surface area contributed by atoms with Crippen LogP contribution in [0.25, 0.3) is 10.9 Å². The number of rotatable bonds is 1. The third-order valence-electron chi connectivity index (χ3n) is 2.34. The van der Waals surface area contributed by atoms with E-state index < -0.39 is 0 Å². The molecule has 2 rings (SSSR count). The molecule has 0 N–H and O–H groups in total. The van der Waals surface area contributed by atoms with Gasteiger partial charge in [0, 0.05) is 11.4 Å². The molecule has 0 fully saturated rings. The van der Waals surface area contributed by atoms with E-state index in [1.54, 1.807) is 6.07 Å². The highest BCUT2D eigenvalue weighted by atomic mass is 19.1. The summed E-state index contributed by atoms with van der Waals surface area (Å²) in [4.78, 5) is 0. The first-order valence-electron chi connectivity index (χ1n) is 4.74. The van der Waals surface area contributed by atoms with E-state index in [-0.39, 0.29) is 11.9 Å². The highest BCUT2D eigenvalue weighted by Gasteiger charge is 2.09. The highest BCUT2D eigenvalue weighted by molar-refractivity contribution is 5.81. The average molecular weight is 192 g/mol. The van der Waals surface area contributed by atoms with Crippen LogP contribution in [0, 0.1) is 12.7 Å². The van der Waals surface area contributed by atoms with Gasteiger partial charge in [0.1, 0.15) is 5.82 Å². The minimum Gasteiger partial charge on any atom is -0.262 e. The van der Waals surface area contributed by atoms with Gasteiger partial charge in [-0.25, -0.2) is 4.39 Å². The quantitative estimate of drug-likeness (QED) is 0.679. The Morgan fingerprint density at radius 2 is 2.07 bits per heavy atom. The van der Waals surface area contributed by atoms with Crippen LogP contribution >= 0.6 is 0 Å². The zero-order chi connectivity index (χ0) is 10.3. The summed E-state index contributed by atoms with van der Waals surface area (Å²) in [5.41, 5.74) is 1.83. The van der Waals surface area contributed by atoms with Gasteiger partial charge in [-0.15, -0.1) is 0 Å². The minimum atomic E-state index is -0.209. The minimum absolute atomic E-state index is 0.209. The van der Waals surface area contributed by atoms with Crippen molar-refractivity contribution >= 4 is 10.9 Å². The Morgan fingerprint density at radius 1 is 1.36 bits per heavy atom. The van der Waals surface area contributed by atoms with Crippen molar-refractivity contribution in [3.05, 3.63) is 29.7 Å². The van der Waals surface area contributed by atoms with E-state index in [1.165, 1.54) is 12.1 Å². The monoisotopic (exact) mass is 192 g/mol. The first kappa shape index (κ1) is 9.19. The molecule has 0 aliphatic heterocycles. The molecule has 14 heavy (non-hydrogen) atoms. The number of fused-ring (bicyclic) bond motifs is 1. The average Bonchev–Trinajstić information content (AvgIpc) is 2.43. The first-order valence-corrected chi connectivity index (χ1v) is 4.74. The van der Waals surface area contributed by atoms with Crippen LogP contribution in [0.2, 0.25) is 0 Å². The smallest absolute Gasteiger partial charge is 0.125 e. The SMILES string of the molecule is Cc1nn(C(C)C)c2cc(F)ccc12. The third kappa shape index (κ3) is 1.29. The molecule has 2 aromatic rings. The molecule has 0 amide bonds. The summed E-state index contributed by atoms with van der Waals surface area (Å²) >= 11 is 0. The summed E-state index contributed by atoms with van der Waals surface area (Å²) < 4.78 is 14.9. The molecule has 1 aromatic carbocycles. The van der Waals surface area contributed by atoms with E-state index >= 15 is 0 Å². The molecule has 0 saturated carbocycles. The van der Waals surface area contributed by atoms with Crippen LogP contribution in [0.3, 0.4) is 0 Å². The van der Waals surface area contributed by atoms with Crippen molar-refractivity contribution in [2.24, 2.45) is 0 Å². The van der Waals surface area contributed by atoms with Crippen molar-refractivity contribution in [1.29, 1.82) is 0 Å². The molecule has 0 unspecified atom stereocenters. The van der Waals surface area contributed by atoms with Crippen molar-refractivity contribution < 1.29 is 4.39 Å². The molecule has 1 heterocycles. The van der Waals surface area contributed by atoms with E-state index in [1.807, 2.05) is 25.5 Å². The standard InChI is InChI=1S/C11H13FN2/c1-7(2)14-11-6-9(12)4-5-10(11)8(3)13-14/h4-7H,1-3H3. The van der Waals surface area contributed by atoms with E-state index in [4.69, 9.17) is 0 Å². The zero-order valence-electron chi connectivity index (χ0n) is 8.58. The lowest BCUT2D eigenvalue weighted by molar-refractivity contribution is 0.545. The summed E-state index contributed by atoms with van der Waals surface area (Å²) in [6.45, 7) is 6.02. The van der Waals surface area contributed by atoms with Gasteiger partial charge in [-0.05, 0) is 39.0 Å². The second kappa shape index (κ2) is 3.08. The van der Waals surface area contributed by atoms with Gasteiger partial charge in [-0.1, -0.05) is 0 Å². The first-order chi connectivity index (χ1) is 6.59. The lowest BCUT2D eigenvalue weighted by Crippen LogP contribution is -2.02. The van der Waals surface area contributed by atoms with Gasteiger partial charge in [0.15, 0.2) is 0 Å². The summed E-state index contributed by atoms with van der Waals surface area (Å²) in [5, 5.41) is 5.41. The van der Waals surface area contributed by atoms with Crippen LogP contribution in [0.15, 0.2) is 18.2 Å². The van der Waals surface area contributed by atoms with E-state index in [9.17, 15) is 4.39 Å². The maximum absolute atomic E-state index is 13.0. The van der Waals surface area contributed by atoms with Gasteiger partial charge < -0.3 is 0 Å². The van der Waals surface area contributed by atoms with Crippen LogP contribution < -0.4 is 0 Å². The second-order valence-corrected chi connectivity index (χ2v) is 3.79. The topological polar surface area (TPSA) is 17.8 Å². The Labute approximate surface area is 82.3 Å². The Bertz CT molecular complexity index is 471. The van der Waals surface area contributed by atoms with E-state index in [2.05, 4.69) is 5.10 Å². The lowest BCUT2D eigenvalue weighted by atomic mass is 10.2. The summed E-state index contributed by atoms with van der Waals surface area (Å²) in [5.74, 6) is -0.209. The Kier molecular flexibility index (Phi) is 2.02. The summed E-state index contributed by atoms with van der Waals surface area (Å²) in [7, 11) is 0. The Morgan fingerprint density at radius 3 is 2.71 bits per heavy atom. The molecular weight excluding hydrogens is 179 g/mol. The highest BCUT2D eigenvalue weighted by Crippen LogP contribution is 2.21. The number of aryl methyl sites for hydroxylation is 1. The van der Waals surface area contributed by atoms with Gasteiger partial charge in [0.05, 0.1) is 11.2 Å². The van der Waals surface area contributed by atoms with Crippen LogP contribution in [0.1, 0.15) is 25.6 Å². The molecule has 1 aromatic heterocycles. The molecule has 0 saturated heterocycles. The van der Waals surface area contributed by atoms with Crippen LogP contribution in [-0.4, -0.2) is 9.78 Å². The summed E-state index contributed by atoms with van der Waals surface area (Å²) in [6, 6.07) is 5.05. The predicted molar refractivity (Wildman–Crippen MR) is 54.8 cm³/mol. The maximum Gasteiger partial charge on any atom is 0.125 e. The van der Waals surface area contributed by atoms with E-state index in [0.29, 0.717) is 0 Å². The number of halogens is 1. The van der Waals surface area contributed by atoms with Gasteiger partial charge in [0.2, 0.25) is 0 Å². The molecule has 0 radical (unpaired) electrons. The number of nitrogens with zero attached hydrogens (tertiary/aromatic N) is 2. The van der Waals surface area contributed by atoms with Crippen molar-refractivity contribution in [3.8, 4) is 0 Å². The fraction of sp³-hybridized carbons (Fsp3) is 0.364. The third-order valence-corrected chi connectivity index (χ3v) is 2.34. The molecule has 0 spiro atoms. The number of aromatic nitrogens is 2. The van der Waals surface area contributed by atoms with Gasteiger partial charge in [-0.2, -0.15) is 5.10 Å². The lowest BCUT2D eigenvalue weighted by Gasteiger charge is -2.06. The van der Waals surface area contributed by atoms with Gasteiger partial charge in [0.25, 0.3) is 0 Å². The molecule has 74 valence electrons. The fourth-order valence-corrected chi connectivity index (χ4v) is 1.66. The van der Waals surface area contributed by atoms with Crippen molar-refractivity contribution in [2.75, 3.05) is 0 Å². The largest absolute Gasteiger partial charge is 0.262 e. The molecular formula is C11H13FN2. The van der Waals surface area contributed by atoms with Crippen molar-refractivity contribution in [1.82, 2.24) is 9.78 Å². The Hall–Kier alpha value is -1.38. The molecule has 0 aliphatic carbocycles. The van der Waals surface area contributed by atoms with E-state index in [0.717, 1.165) is 16.6 Å². The fourth-order valence-electron chi connectivity index (χ4n) is 1.66. The van der Waals surface area contributed by atoms with Crippen LogP contribution in [-0.2, 0) is 0 Å². The molecule has 3 heteroatoms. The zero-order valence-corrected chi connectivity index (χ0v) is 8.58. The normalized spacial score (nSPS) is 11.5. The Balaban J connectivity index is 2.79. The summed E-state index contributed by atoms with van der Waals surface area (Å²) in [6.07, 6.45) is 0. The molecule has 0 aliphatic rings. The number of benzene rings is 1. The van der Waals surface area contributed by atoms with Crippen molar-refractivity contribution in [2.45, 2.75) is 26.8 Å². The molecule has 2 nitrogen and oxygen atoms in total. The van der Waals surface area contributed by atoms with Crippen LogP contribution in [0.4, 0.5) is 4.39 Å². The predicted octanol–water partition coefficient (Wildman–Crippen LogP) is 3.06. The molecule has 0 atom stereocenters. The number of hydrogen-bond donors (Lipinski definition) is 0. The van der Waals surface area contributed by atoms with Gasteiger partial charge >= 0.3 is 0 Å². The number of hydrogen-bond acceptors (Lipinski definition) is 1. The van der Waals surface area contributed by atoms with Crippen LogP contribution in [0.5, 0.6) is 0 Å². The van der Waals surface area contributed by atoms with Crippen molar-refractivity contribution in [3.63, 3.8) is 0 Å². The van der Waals surface area contributed by atoms with Gasteiger partial charge in [-0.3, -0.25) is 4.68 Å². The second-order valence-electron chi connectivity index (χ2n) is 3.79. The maximum atomic E-state index is 13.0. The molecule has 0 bridgehead atoms.